The molecule has 1 aromatic heterocycles. The zero-order valence-corrected chi connectivity index (χ0v) is 16.7. The Morgan fingerprint density at radius 2 is 1.57 bits per heavy atom. The summed E-state index contributed by atoms with van der Waals surface area (Å²) in [5.41, 5.74) is 12.7. The Kier molecular flexibility index (Phi) is 6.38. The molecule has 0 aliphatic rings. The third-order valence-corrected chi connectivity index (χ3v) is 4.19. The predicted molar refractivity (Wildman–Crippen MR) is 113 cm³/mol. The molecule has 0 radical (unpaired) electrons. The highest BCUT2D eigenvalue weighted by molar-refractivity contribution is 5.95. The molecular weight excluding hydrogens is 388 g/mol. The summed E-state index contributed by atoms with van der Waals surface area (Å²) < 4.78 is 15.7. The molecule has 5 N–H and O–H groups in total. The highest BCUT2D eigenvalue weighted by atomic mass is 16.5. The molecule has 3 aromatic rings. The van der Waals surface area contributed by atoms with Gasteiger partial charge < -0.3 is 25.3 Å². The lowest BCUT2D eigenvalue weighted by atomic mass is 10.2. The molecule has 156 valence electrons. The molecule has 1 heterocycles. The number of nitrogens with one attached hydrogen (secondary N) is 3. The Labute approximate surface area is 173 Å². The number of aromatic nitrogens is 2. The standard InChI is InChI=1S/C20H22N6O4/c1-28-13-6-4-12(5-7-13)20(27)26-25-19-17(21)18(22-11-23-19)24-15-10-14(29-2)8-9-16(15)30-3/h4-11H,21H2,1-3H3,(H,26,27)(H2,22,23,24,25). The Balaban J connectivity index is 1.74. The monoisotopic (exact) mass is 410 g/mol. The number of carbonyl (C=O) groups excluding carboxylic acids is 1. The number of amides is 1. The zero-order chi connectivity index (χ0) is 21.5. The minimum Gasteiger partial charge on any atom is -0.497 e. The van der Waals surface area contributed by atoms with Crippen LogP contribution in [-0.4, -0.2) is 37.2 Å². The second-order valence-corrected chi connectivity index (χ2v) is 5.98. The van der Waals surface area contributed by atoms with E-state index in [1.807, 2.05) is 0 Å². The Bertz CT molecular complexity index is 1030. The first kappa shape index (κ1) is 20.5. The van der Waals surface area contributed by atoms with Gasteiger partial charge in [-0.2, -0.15) is 0 Å². The smallest absolute Gasteiger partial charge is 0.269 e. The number of hydrazine groups is 1. The van der Waals surface area contributed by atoms with Crippen LogP contribution in [0.3, 0.4) is 0 Å². The largest absolute Gasteiger partial charge is 0.497 e. The number of rotatable bonds is 8. The molecular formula is C20H22N6O4. The topological polar surface area (TPSA) is 133 Å². The van der Waals surface area contributed by atoms with E-state index in [4.69, 9.17) is 19.9 Å². The maximum atomic E-state index is 12.3. The van der Waals surface area contributed by atoms with Crippen molar-refractivity contribution in [3.8, 4) is 17.2 Å². The summed E-state index contributed by atoms with van der Waals surface area (Å²) in [6, 6.07) is 11.9. The molecule has 10 heteroatoms. The van der Waals surface area contributed by atoms with E-state index in [1.165, 1.54) is 6.33 Å². The van der Waals surface area contributed by atoms with Crippen molar-refractivity contribution in [3.05, 3.63) is 54.4 Å². The van der Waals surface area contributed by atoms with E-state index in [-0.39, 0.29) is 17.4 Å². The molecule has 30 heavy (non-hydrogen) atoms. The number of nitrogen functional groups attached to an aromatic ring is 1. The average molecular weight is 410 g/mol. The van der Waals surface area contributed by atoms with E-state index >= 15 is 0 Å². The molecule has 2 aromatic carbocycles. The van der Waals surface area contributed by atoms with E-state index in [0.29, 0.717) is 34.3 Å². The SMILES string of the molecule is COc1ccc(C(=O)NNc2ncnc(Nc3cc(OC)ccc3OC)c2N)cc1. The van der Waals surface area contributed by atoms with Gasteiger partial charge in [0.1, 0.15) is 29.3 Å². The van der Waals surface area contributed by atoms with Crippen LogP contribution in [0.25, 0.3) is 0 Å². The molecule has 10 nitrogen and oxygen atoms in total. The van der Waals surface area contributed by atoms with Crippen LogP contribution < -0.4 is 36.1 Å². The summed E-state index contributed by atoms with van der Waals surface area (Å²) in [6.07, 6.45) is 1.31. The molecule has 0 aliphatic heterocycles. The van der Waals surface area contributed by atoms with Gasteiger partial charge in [-0.15, -0.1) is 0 Å². The highest BCUT2D eigenvalue weighted by Crippen LogP contribution is 2.33. The molecule has 0 saturated heterocycles. The van der Waals surface area contributed by atoms with Crippen molar-refractivity contribution >= 4 is 28.9 Å². The lowest BCUT2D eigenvalue weighted by Crippen LogP contribution is -2.30. The Morgan fingerprint density at radius 3 is 2.23 bits per heavy atom. The third kappa shape index (κ3) is 4.61. The number of nitrogens with zero attached hydrogens (tertiary/aromatic N) is 2. The van der Waals surface area contributed by atoms with E-state index in [1.54, 1.807) is 63.8 Å². The summed E-state index contributed by atoms with van der Waals surface area (Å²) in [4.78, 5) is 20.5. The third-order valence-electron chi connectivity index (χ3n) is 4.19. The molecule has 0 bridgehead atoms. The van der Waals surface area contributed by atoms with Crippen molar-refractivity contribution < 1.29 is 19.0 Å². The fourth-order valence-corrected chi connectivity index (χ4v) is 2.56. The second kappa shape index (κ2) is 9.32. The number of anilines is 4. The number of benzene rings is 2. The van der Waals surface area contributed by atoms with Crippen molar-refractivity contribution in [2.75, 3.05) is 37.8 Å². The predicted octanol–water partition coefficient (Wildman–Crippen LogP) is 2.59. The van der Waals surface area contributed by atoms with Gasteiger partial charge in [-0.1, -0.05) is 0 Å². The van der Waals surface area contributed by atoms with Crippen LogP contribution in [0.2, 0.25) is 0 Å². The van der Waals surface area contributed by atoms with Gasteiger partial charge in [0.25, 0.3) is 5.91 Å². The normalized spacial score (nSPS) is 10.1. The first-order valence-corrected chi connectivity index (χ1v) is 8.85. The van der Waals surface area contributed by atoms with Crippen molar-refractivity contribution in [1.82, 2.24) is 15.4 Å². The molecule has 0 unspecified atom stereocenters. The van der Waals surface area contributed by atoms with Crippen LogP contribution in [-0.2, 0) is 0 Å². The van der Waals surface area contributed by atoms with Crippen LogP contribution >= 0.6 is 0 Å². The lowest BCUT2D eigenvalue weighted by Gasteiger charge is -2.15. The van der Waals surface area contributed by atoms with E-state index in [2.05, 4.69) is 26.1 Å². The number of methoxy groups -OCH3 is 3. The van der Waals surface area contributed by atoms with E-state index in [0.717, 1.165) is 0 Å². The molecule has 0 spiro atoms. The van der Waals surface area contributed by atoms with Crippen molar-refractivity contribution in [1.29, 1.82) is 0 Å². The Morgan fingerprint density at radius 1 is 0.900 bits per heavy atom. The van der Waals surface area contributed by atoms with Gasteiger partial charge >= 0.3 is 0 Å². The number of carbonyl (C=O) groups is 1. The van der Waals surface area contributed by atoms with Crippen LogP contribution in [0, 0.1) is 0 Å². The first-order chi connectivity index (χ1) is 14.5. The van der Waals surface area contributed by atoms with Gasteiger partial charge in [-0.25, -0.2) is 9.97 Å². The molecule has 0 saturated carbocycles. The molecule has 0 atom stereocenters. The number of hydrogen-bond donors (Lipinski definition) is 4. The van der Waals surface area contributed by atoms with Gasteiger partial charge in [-0.05, 0) is 36.4 Å². The van der Waals surface area contributed by atoms with Crippen LogP contribution in [0.5, 0.6) is 17.2 Å². The van der Waals surface area contributed by atoms with Gasteiger partial charge in [0, 0.05) is 11.6 Å². The summed E-state index contributed by atoms with van der Waals surface area (Å²) in [7, 11) is 4.68. The van der Waals surface area contributed by atoms with Gasteiger partial charge in [0.15, 0.2) is 11.6 Å². The fourth-order valence-electron chi connectivity index (χ4n) is 2.56. The van der Waals surface area contributed by atoms with Crippen LogP contribution in [0.4, 0.5) is 23.0 Å². The minimum atomic E-state index is -0.361. The van der Waals surface area contributed by atoms with Crippen molar-refractivity contribution in [3.63, 3.8) is 0 Å². The van der Waals surface area contributed by atoms with Crippen LogP contribution in [0.1, 0.15) is 10.4 Å². The molecule has 1 amide bonds. The molecule has 0 aliphatic carbocycles. The first-order valence-electron chi connectivity index (χ1n) is 8.85. The summed E-state index contributed by atoms with van der Waals surface area (Å²) >= 11 is 0. The lowest BCUT2D eigenvalue weighted by molar-refractivity contribution is 0.0962. The van der Waals surface area contributed by atoms with Crippen LogP contribution in [0.15, 0.2) is 48.8 Å². The Hall–Kier alpha value is -4.21. The van der Waals surface area contributed by atoms with E-state index in [9.17, 15) is 4.79 Å². The maximum Gasteiger partial charge on any atom is 0.269 e. The summed E-state index contributed by atoms with van der Waals surface area (Å²) in [5.74, 6) is 2.07. The second-order valence-electron chi connectivity index (χ2n) is 5.98. The van der Waals surface area contributed by atoms with Gasteiger partial charge in [0.2, 0.25) is 0 Å². The summed E-state index contributed by atoms with van der Waals surface area (Å²) in [5, 5.41) is 3.09. The zero-order valence-electron chi connectivity index (χ0n) is 16.7. The summed E-state index contributed by atoms with van der Waals surface area (Å²) in [6.45, 7) is 0. The van der Waals surface area contributed by atoms with Gasteiger partial charge in [-0.3, -0.25) is 15.6 Å². The number of ether oxygens (including phenoxy) is 3. The van der Waals surface area contributed by atoms with Crippen molar-refractivity contribution in [2.24, 2.45) is 0 Å². The molecule has 0 fully saturated rings. The highest BCUT2D eigenvalue weighted by Gasteiger charge is 2.13. The minimum absolute atomic E-state index is 0.206. The van der Waals surface area contributed by atoms with E-state index < -0.39 is 0 Å². The molecule has 3 rings (SSSR count). The fraction of sp³-hybridized carbons (Fsp3) is 0.150. The maximum absolute atomic E-state index is 12.3. The quantitative estimate of drug-likeness (QED) is 0.414. The number of hydrogen-bond acceptors (Lipinski definition) is 9. The average Bonchev–Trinajstić information content (AvgIpc) is 2.79. The number of nitrogens with two attached hydrogens (primary N) is 1. The van der Waals surface area contributed by atoms with Crippen molar-refractivity contribution in [2.45, 2.75) is 0 Å². The van der Waals surface area contributed by atoms with Gasteiger partial charge in [0.05, 0.1) is 27.0 Å².